The Morgan fingerprint density at radius 3 is 3.17 bits per heavy atom. The van der Waals surface area contributed by atoms with Gasteiger partial charge in [-0.2, -0.15) is 0 Å². The van der Waals surface area contributed by atoms with Crippen molar-refractivity contribution in [3.63, 3.8) is 0 Å². The molecule has 0 bridgehead atoms. The molecule has 62 valence electrons. The zero-order chi connectivity index (χ0) is 8.39. The fourth-order valence-corrected chi connectivity index (χ4v) is 1.27. The van der Waals surface area contributed by atoms with Crippen LogP contribution in [0, 0.1) is 0 Å². The van der Waals surface area contributed by atoms with Gasteiger partial charge in [-0.05, 0) is 18.2 Å². The van der Waals surface area contributed by atoms with Crippen LogP contribution in [0.1, 0.15) is 5.56 Å². The molecular weight excluding hydrogens is 150 g/mol. The minimum Gasteiger partial charge on any atom is -0.489 e. The molecule has 2 rings (SSSR count). The molecule has 1 aromatic carbocycles. The van der Waals surface area contributed by atoms with Crippen LogP contribution in [0.25, 0.3) is 6.08 Å². The van der Waals surface area contributed by atoms with E-state index in [2.05, 4.69) is 17.5 Å². The van der Waals surface area contributed by atoms with E-state index in [-0.39, 0.29) is 0 Å². The molecule has 0 aliphatic carbocycles. The third kappa shape index (κ3) is 1.16. The van der Waals surface area contributed by atoms with Gasteiger partial charge in [-0.1, -0.05) is 6.08 Å². The van der Waals surface area contributed by atoms with E-state index in [4.69, 9.17) is 4.74 Å². The summed E-state index contributed by atoms with van der Waals surface area (Å²) in [6.07, 6.45) is 4.10. The van der Waals surface area contributed by atoms with Gasteiger partial charge in [0.05, 0.1) is 0 Å². The van der Waals surface area contributed by atoms with Gasteiger partial charge in [0, 0.05) is 24.4 Å². The first-order valence-corrected chi connectivity index (χ1v) is 4.01. The average molecular weight is 161 g/mol. The summed E-state index contributed by atoms with van der Waals surface area (Å²) in [4.78, 5) is 0. The van der Waals surface area contributed by atoms with E-state index in [9.17, 15) is 0 Å². The van der Waals surface area contributed by atoms with Gasteiger partial charge in [0.25, 0.3) is 0 Å². The molecule has 1 heterocycles. The van der Waals surface area contributed by atoms with Crippen LogP contribution < -0.4 is 10.1 Å². The van der Waals surface area contributed by atoms with Crippen molar-refractivity contribution >= 4 is 11.8 Å². The lowest BCUT2D eigenvalue weighted by atomic mass is 10.1. The molecule has 2 heteroatoms. The van der Waals surface area contributed by atoms with Crippen molar-refractivity contribution < 1.29 is 4.74 Å². The zero-order valence-electron chi connectivity index (χ0n) is 7.00. The summed E-state index contributed by atoms with van der Waals surface area (Å²) in [5.74, 6) is 0.962. The summed E-state index contributed by atoms with van der Waals surface area (Å²) < 4.78 is 5.44. The number of hydrogen-bond acceptors (Lipinski definition) is 2. The Balaban J connectivity index is 2.44. The van der Waals surface area contributed by atoms with Crippen LogP contribution >= 0.6 is 0 Å². The Labute approximate surface area is 71.9 Å². The maximum atomic E-state index is 5.44. The molecule has 0 amide bonds. The first kappa shape index (κ1) is 7.22. The smallest absolute Gasteiger partial charge is 0.129 e. The SMILES string of the molecule is CNc1ccc2c(c1)OCC=C2. The standard InChI is InChI=1S/C10H11NO/c1-11-9-5-4-8-3-2-6-12-10(8)7-9/h2-5,7,11H,6H2,1H3. The van der Waals surface area contributed by atoms with Crippen molar-refractivity contribution in [1.29, 1.82) is 0 Å². The third-order valence-electron chi connectivity index (χ3n) is 1.93. The van der Waals surface area contributed by atoms with Crippen molar-refractivity contribution in [2.24, 2.45) is 0 Å². The van der Waals surface area contributed by atoms with E-state index >= 15 is 0 Å². The highest BCUT2D eigenvalue weighted by Crippen LogP contribution is 2.26. The lowest BCUT2D eigenvalue weighted by molar-refractivity contribution is 0.359. The van der Waals surface area contributed by atoms with Crippen molar-refractivity contribution in [3.05, 3.63) is 29.8 Å². The van der Waals surface area contributed by atoms with Gasteiger partial charge in [-0.25, -0.2) is 0 Å². The summed E-state index contributed by atoms with van der Waals surface area (Å²) >= 11 is 0. The monoisotopic (exact) mass is 161 g/mol. The lowest BCUT2D eigenvalue weighted by Crippen LogP contribution is -2.00. The van der Waals surface area contributed by atoms with Gasteiger partial charge in [0.15, 0.2) is 0 Å². The highest BCUT2D eigenvalue weighted by Gasteiger charge is 2.04. The van der Waals surface area contributed by atoms with Gasteiger partial charge in [-0.15, -0.1) is 0 Å². The molecule has 0 radical (unpaired) electrons. The molecule has 0 atom stereocenters. The second-order valence-electron chi connectivity index (χ2n) is 2.72. The molecule has 12 heavy (non-hydrogen) atoms. The fourth-order valence-electron chi connectivity index (χ4n) is 1.27. The van der Waals surface area contributed by atoms with E-state index in [1.54, 1.807) is 0 Å². The molecule has 0 saturated carbocycles. The normalized spacial score (nSPS) is 13.4. The Hall–Kier alpha value is -1.44. The van der Waals surface area contributed by atoms with Crippen LogP contribution in [0.5, 0.6) is 5.75 Å². The van der Waals surface area contributed by atoms with Gasteiger partial charge < -0.3 is 10.1 Å². The second kappa shape index (κ2) is 2.89. The van der Waals surface area contributed by atoms with Crippen LogP contribution in [0.3, 0.4) is 0 Å². The number of ether oxygens (including phenoxy) is 1. The number of fused-ring (bicyclic) bond motifs is 1. The van der Waals surface area contributed by atoms with E-state index in [1.807, 2.05) is 25.3 Å². The van der Waals surface area contributed by atoms with E-state index < -0.39 is 0 Å². The first-order valence-electron chi connectivity index (χ1n) is 4.01. The molecule has 2 nitrogen and oxygen atoms in total. The Morgan fingerprint density at radius 1 is 1.42 bits per heavy atom. The molecule has 0 fully saturated rings. The number of hydrogen-bond donors (Lipinski definition) is 1. The van der Waals surface area contributed by atoms with Crippen molar-refractivity contribution in [2.45, 2.75) is 0 Å². The molecule has 1 aliphatic heterocycles. The van der Waals surface area contributed by atoms with Crippen molar-refractivity contribution in [3.8, 4) is 5.75 Å². The van der Waals surface area contributed by atoms with Crippen LogP contribution in [-0.2, 0) is 0 Å². The quantitative estimate of drug-likeness (QED) is 0.681. The molecule has 1 aliphatic rings. The maximum Gasteiger partial charge on any atom is 0.129 e. The van der Waals surface area contributed by atoms with E-state index in [0.29, 0.717) is 6.61 Å². The largest absolute Gasteiger partial charge is 0.489 e. The van der Waals surface area contributed by atoms with E-state index in [0.717, 1.165) is 17.0 Å². The van der Waals surface area contributed by atoms with Gasteiger partial charge in [0.2, 0.25) is 0 Å². The van der Waals surface area contributed by atoms with Gasteiger partial charge in [-0.3, -0.25) is 0 Å². The molecule has 0 spiro atoms. The number of rotatable bonds is 1. The maximum absolute atomic E-state index is 5.44. The first-order chi connectivity index (χ1) is 5.90. The number of anilines is 1. The Kier molecular flexibility index (Phi) is 1.74. The minimum atomic E-state index is 0.681. The van der Waals surface area contributed by atoms with Crippen molar-refractivity contribution in [2.75, 3.05) is 19.0 Å². The molecule has 0 aromatic heterocycles. The van der Waals surface area contributed by atoms with Gasteiger partial charge in [0.1, 0.15) is 12.4 Å². The van der Waals surface area contributed by atoms with Crippen molar-refractivity contribution in [1.82, 2.24) is 0 Å². The summed E-state index contributed by atoms with van der Waals surface area (Å²) in [6, 6.07) is 6.10. The van der Waals surface area contributed by atoms with Crippen LogP contribution in [0.15, 0.2) is 24.3 Å². The summed E-state index contributed by atoms with van der Waals surface area (Å²) in [5.41, 5.74) is 2.24. The topological polar surface area (TPSA) is 21.3 Å². The predicted molar refractivity (Wildman–Crippen MR) is 50.5 cm³/mol. The summed E-state index contributed by atoms with van der Waals surface area (Å²) in [7, 11) is 1.90. The lowest BCUT2D eigenvalue weighted by Gasteiger charge is -2.13. The van der Waals surface area contributed by atoms with Crippen LogP contribution in [0.4, 0.5) is 5.69 Å². The highest BCUT2D eigenvalue weighted by molar-refractivity contribution is 5.64. The average Bonchev–Trinajstić information content (AvgIpc) is 2.17. The number of benzene rings is 1. The van der Waals surface area contributed by atoms with Crippen LogP contribution in [0.2, 0.25) is 0 Å². The third-order valence-corrected chi connectivity index (χ3v) is 1.93. The van der Waals surface area contributed by atoms with E-state index in [1.165, 1.54) is 0 Å². The molecular formula is C10H11NO. The van der Waals surface area contributed by atoms with Crippen LogP contribution in [-0.4, -0.2) is 13.7 Å². The Morgan fingerprint density at radius 2 is 2.33 bits per heavy atom. The fraction of sp³-hybridized carbons (Fsp3) is 0.200. The minimum absolute atomic E-state index is 0.681. The predicted octanol–water partition coefficient (Wildman–Crippen LogP) is 2.13. The summed E-state index contributed by atoms with van der Waals surface area (Å²) in [5, 5.41) is 3.07. The highest BCUT2D eigenvalue weighted by atomic mass is 16.5. The molecule has 0 unspecified atom stereocenters. The zero-order valence-corrected chi connectivity index (χ0v) is 7.00. The molecule has 1 aromatic rings. The Bertz CT molecular complexity index is 318. The summed E-state index contributed by atoms with van der Waals surface area (Å²) in [6.45, 7) is 0.681. The second-order valence-corrected chi connectivity index (χ2v) is 2.72. The van der Waals surface area contributed by atoms with Gasteiger partial charge >= 0.3 is 0 Å². The molecule has 0 saturated heterocycles. The molecule has 1 N–H and O–H groups in total. The number of nitrogens with one attached hydrogen (secondary N) is 1.